The summed E-state index contributed by atoms with van der Waals surface area (Å²) >= 11 is 0. The predicted octanol–water partition coefficient (Wildman–Crippen LogP) is -0.522. The van der Waals surface area contributed by atoms with E-state index >= 15 is 0 Å². The third-order valence-electron chi connectivity index (χ3n) is 4.34. The van der Waals surface area contributed by atoms with Gasteiger partial charge in [-0.15, -0.1) is 0 Å². The lowest BCUT2D eigenvalue weighted by Gasteiger charge is -2.48. The number of aliphatic hydroxyl groups excluding tert-OH is 3. The number of likely N-dealkylation sites (N-methyl/N-ethyl adjacent to an activating group) is 1. The first kappa shape index (κ1) is 16.9. The van der Waals surface area contributed by atoms with Crippen LogP contribution in [0.3, 0.4) is 0 Å². The molecule has 0 saturated carbocycles. The summed E-state index contributed by atoms with van der Waals surface area (Å²) in [4.78, 5) is 14.0. The number of carbonyl (C=O) groups excluding carboxylic acids is 1. The lowest BCUT2D eigenvalue weighted by atomic mass is 9.85. The van der Waals surface area contributed by atoms with Gasteiger partial charge in [0.05, 0.1) is 6.10 Å². The molecule has 5 atom stereocenters. The quantitative estimate of drug-likeness (QED) is 0.600. The Morgan fingerprint density at radius 1 is 1.14 bits per heavy atom. The van der Waals surface area contributed by atoms with Crippen LogP contribution in [-0.2, 0) is 11.3 Å². The second-order valence-corrected chi connectivity index (χ2v) is 5.66. The molecular formula is C16H24N2O4. The topological polar surface area (TPSA) is 93.0 Å². The minimum atomic E-state index is -1.33. The Balaban J connectivity index is 2.34. The van der Waals surface area contributed by atoms with Crippen molar-refractivity contribution >= 4 is 5.91 Å². The number of hydrogen-bond donors (Lipinski definition) is 4. The molecule has 1 amide bonds. The van der Waals surface area contributed by atoms with E-state index in [-0.39, 0.29) is 5.91 Å². The van der Waals surface area contributed by atoms with Crippen molar-refractivity contribution in [3.05, 3.63) is 35.9 Å². The molecule has 6 nitrogen and oxygen atoms in total. The summed E-state index contributed by atoms with van der Waals surface area (Å²) in [5.74, 6) is -0.368. The molecule has 122 valence electrons. The van der Waals surface area contributed by atoms with Crippen LogP contribution in [0.2, 0.25) is 0 Å². The number of hydrogen-bond acceptors (Lipinski definition) is 5. The summed E-state index contributed by atoms with van der Waals surface area (Å²) in [7, 11) is 1.49. The summed E-state index contributed by atoms with van der Waals surface area (Å²) in [5.41, 5.74) is 0.977. The monoisotopic (exact) mass is 308 g/mol. The first-order valence-corrected chi connectivity index (χ1v) is 7.56. The molecule has 1 aromatic carbocycles. The molecule has 0 aromatic heterocycles. The molecule has 0 bridgehead atoms. The van der Waals surface area contributed by atoms with E-state index in [0.29, 0.717) is 13.0 Å². The Morgan fingerprint density at radius 3 is 2.32 bits per heavy atom. The fourth-order valence-corrected chi connectivity index (χ4v) is 3.15. The van der Waals surface area contributed by atoms with Crippen molar-refractivity contribution in [2.24, 2.45) is 0 Å². The van der Waals surface area contributed by atoms with E-state index in [1.54, 1.807) is 4.90 Å². The number of benzene rings is 1. The van der Waals surface area contributed by atoms with E-state index in [0.717, 1.165) is 5.56 Å². The highest BCUT2D eigenvalue weighted by atomic mass is 16.4. The average molecular weight is 308 g/mol. The standard InChI is InChI=1S/C16H24N2O4/c1-3-11-13(19)15(21)14(20)12(16(22)17-2)18(11)9-10-7-5-4-6-8-10/h4-8,11-15,19-21H,3,9H2,1-2H3,(H,17,22)/t11-,12+,13-,14-,15+/m1/s1. The number of nitrogens with one attached hydrogen (secondary N) is 1. The van der Waals surface area contributed by atoms with Gasteiger partial charge in [-0.2, -0.15) is 0 Å². The van der Waals surface area contributed by atoms with Gasteiger partial charge < -0.3 is 20.6 Å². The summed E-state index contributed by atoms with van der Waals surface area (Å²) in [6.45, 7) is 2.30. The summed E-state index contributed by atoms with van der Waals surface area (Å²) in [6.07, 6.45) is -3.20. The maximum absolute atomic E-state index is 12.2. The third kappa shape index (κ3) is 3.15. The van der Waals surface area contributed by atoms with Crippen LogP contribution in [0.4, 0.5) is 0 Å². The van der Waals surface area contributed by atoms with Gasteiger partial charge in [0.1, 0.15) is 18.2 Å². The smallest absolute Gasteiger partial charge is 0.239 e. The van der Waals surface area contributed by atoms with Gasteiger partial charge in [0, 0.05) is 19.6 Å². The number of nitrogens with zero attached hydrogens (tertiary/aromatic N) is 1. The maximum Gasteiger partial charge on any atom is 0.239 e. The van der Waals surface area contributed by atoms with Crippen LogP contribution in [0.5, 0.6) is 0 Å². The van der Waals surface area contributed by atoms with E-state index < -0.39 is 30.4 Å². The lowest BCUT2D eigenvalue weighted by molar-refractivity contribution is -0.175. The molecule has 1 heterocycles. The fourth-order valence-electron chi connectivity index (χ4n) is 3.15. The van der Waals surface area contributed by atoms with Gasteiger partial charge >= 0.3 is 0 Å². The van der Waals surface area contributed by atoms with Gasteiger partial charge in [-0.05, 0) is 12.0 Å². The zero-order valence-electron chi connectivity index (χ0n) is 12.9. The summed E-state index contributed by atoms with van der Waals surface area (Å²) < 4.78 is 0. The Labute approximate surface area is 130 Å². The summed E-state index contributed by atoms with van der Waals surface area (Å²) in [6, 6.07) is 8.26. The number of rotatable bonds is 4. The van der Waals surface area contributed by atoms with E-state index in [1.165, 1.54) is 7.05 Å². The van der Waals surface area contributed by atoms with Crippen LogP contribution in [0.15, 0.2) is 30.3 Å². The average Bonchev–Trinajstić information content (AvgIpc) is 2.54. The van der Waals surface area contributed by atoms with Crippen molar-refractivity contribution in [2.75, 3.05) is 7.05 Å². The number of amides is 1. The second kappa shape index (κ2) is 7.19. The molecular weight excluding hydrogens is 284 g/mol. The molecule has 0 aliphatic carbocycles. The van der Waals surface area contributed by atoms with Gasteiger partial charge in [0.2, 0.25) is 5.91 Å². The fraction of sp³-hybridized carbons (Fsp3) is 0.562. The molecule has 1 aliphatic rings. The highest BCUT2D eigenvalue weighted by Crippen LogP contribution is 2.28. The minimum Gasteiger partial charge on any atom is -0.389 e. The van der Waals surface area contributed by atoms with Crippen LogP contribution in [-0.4, -0.2) is 63.6 Å². The molecule has 1 fully saturated rings. The van der Waals surface area contributed by atoms with E-state index in [9.17, 15) is 20.1 Å². The van der Waals surface area contributed by atoms with Crippen molar-refractivity contribution in [3.8, 4) is 0 Å². The third-order valence-corrected chi connectivity index (χ3v) is 4.34. The first-order chi connectivity index (χ1) is 10.5. The predicted molar refractivity (Wildman–Crippen MR) is 81.9 cm³/mol. The minimum absolute atomic E-state index is 0.368. The van der Waals surface area contributed by atoms with Crippen molar-refractivity contribution in [2.45, 2.75) is 50.3 Å². The van der Waals surface area contributed by atoms with Crippen LogP contribution >= 0.6 is 0 Å². The van der Waals surface area contributed by atoms with Gasteiger partial charge in [0.15, 0.2) is 0 Å². The van der Waals surface area contributed by atoms with Crippen molar-refractivity contribution < 1.29 is 20.1 Å². The molecule has 1 aliphatic heterocycles. The Kier molecular flexibility index (Phi) is 5.52. The lowest BCUT2D eigenvalue weighted by Crippen LogP contribution is -2.69. The zero-order chi connectivity index (χ0) is 16.3. The first-order valence-electron chi connectivity index (χ1n) is 7.56. The number of aliphatic hydroxyl groups is 3. The Morgan fingerprint density at radius 2 is 1.77 bits per heavy atom. The van der Waals surface area contributed by atoms with Crippen LogP contribution < -0.4 is 5.32 Å². The number of piperidine rings is 1. The van der Waals surface area contributed by atoms with E-state index in [2.05, 4.69) is 5.32 Å². The molecule has 22 heavy (non-hydrogen) atoms. The molecule has 4 N–H and O–H groups in total. The van der Waals surface area contributed by atoms with Crippen LogP contribution in [0.25, 0.3) is 0 Å². The van der Waals surface area contributed by atoms with E-state index in [4.69, 9.17) is 0 Å². The maximum atomic E-state index is 12.2. The van der Waals surface area contributed by atoms with Crippen molar-refractivity contribution in [3.63, 3.8) is 0 Å². The van der Waals surface area contributed by atoms with Gasteiger partial charge in [-0.3, -0.25) is 9.69 Å². The van der Waals surface area contributed by atoms with Crippen LogP contribution in [0.1, 0.15) is 18.9 Å². The molecule has 1 saturated heterocycles. The molecule has 1 aromatic rings. The van der Waals surface area contributed by atoms with Gasteiger partial charge in [0.25, 0.3) is 0 Å². The highest BCUT2D eigenvalue weighted by molar-refractivity contribution is 5.82. The molecule has 0 unspecified atom stereocenters. The Bertz CT molecular complexity index is 496. The Hall–Kier alpha value is -1.47. The second-order valence-electron chi connectivity index (χ2n) is 5.66. The SMILES string of the molecule is CC[C@@H]1[C@@H](O)[C@H](O)[C@H](O)[C@@H](C(=O)NC)N1Cc1ccccc1. The largest absolute Gasteiger partial charge is 0.389 e. The molecule has 0 spiro atoms. The highest BCUT2D eigenvalue weighted by Gasteiger charge is 2.49. The van der Waals surface area contributed by atoms with Crippen molar-refractivity contribution in [1.82, 2.24) is 10.2 Å². The van der Waals surface area contributed by atoms with Gasteiger partial charge in [-0.1, -0.05) is 37.3 Å². The normalized spacial score (nSPS) is 32.7. The molecule has 6 heteroatoms. The van der Waals surface area contributed by atoms with E-state index in [1.807, 2.05) is 37.3 Å². The van der Waals surface area contributed by atoms with Crippen LogP contribution in [0, 0.1) is 0 Å². The molecule has 0 radical (unpaired) electrons. The van der Waals surface area contributed by atoms with Crippen molar-refractivity contribution in [1.29, 1.82) is 0 Å². The van der Waals surface area contributed by atoms with Gasteiger partial charge in [-0.25, -0.2) is 0 Å². The number of likely N-dealkylation sites (tertiary alicyclic amines) is 1. The zero-order valence-corrected chi connectivity index (χ0v) is 12.9. The molecule has 2 rings (SSSR count). The number of carbonyl (C=O) groups is 1. The summed E-state index contributed by atoms with van der Waals surface area (Å²) in [5, 5.41) is 33.1.